The van der Waals surface area contributed by atoms with E-state index in [1.165, 1.54) is 6.07 Å². The van der Waals surface area contributed by atoms with Crippen molar-refractivity contribution in [3.63, 3.8) is 0 Å². The highest BCUT2D eigenvalue weighted by Crippen LogP contribution is 2.07. The van der Waals surface area contributed by atoms with Gasteiger partial charge >= 0.3 is 18.2 Å². The van der Waals surface area contributed by atoms with E-state index in [-0.39, 0.29) is 3.69 Å². The average molecular weight is 235 g/mol. The van der Waals surface area contributed by atoms with Crippen LogP contribution >= 0.6 is 12.9 Å². The summed E-state index contributed by atoms with van der Waals surface area (Å²) in [4.78, 5) is 0. The van der Waals surface area contributed by atoms with Crippen LogP contribution in [0.3, 0.4) is 0 Å². The molecular formula is C6H2BrF3Mg. The minimum Gasteiger partial charge on any atom is -0.296 e. The van der Waals surface area contributed by atoms with Crippen LogP contribution in [0.25, 0.3) is 0 Å². The standard InChI is InChI=1S/C6H2F3.BrH.Mg/c7-4-2-1-3-5(8)6(4)9;;/h1-2H;1H;/q;;+1/p-1. The molecule has 11 heavy (non-hydrogen) atoms. The van der Waals surface area contributed by atoms with Crippen molar-refractivity contribution in [3.05, 3.63) is 29.6 Å². The SMILES string of the molecule is Fc1cc[c]([Mg][Br])c(F)c1F. The van der Waals surface area contributed by atoms with Crippen molar-refractivity contribution in [3.8, 4) is 0 Å². The molecule has 0 saturated heterocycles. The van der Waals surface area contributed by atoms with Crippen molar-refractivity contribution in [1.82, 2.24) is 0 Å². The average Bonchev–Trinajstić information content (AvgIpc) is 2.01. The molecule has 1 rings (SSSR count). The summed E-state index contributed by atoms with van der Waals surface area (Å²) < 4.78 is 37.6. The Morgan fingerprint density at radius 3 is 2.27 bits per heavy atom. The molecule has 0 aromatic heterocycles. The van der Waals surface area contributed by atoms with E-state index in [2.05, 4.69) is 12.9 Å². The van der Waals surface area contributed by atoms with Crippen molar-refractivity contribution in [2.75, 3.05) is 0 Å². The lowest BCUT2D eigenvalue weighted by atomic mass is 10.3. The molecule has 0 aliphatic rings. The lowest BCUT2D eigenvalue weighted by Gasteiger charge is -1.99. The van der Waals surface area contributed by atoms with E-state index >= 15 is 0 Å². The molecule has 0 unspecified atom stereocenters. The van der Waals surface area contributed by atoms with E-state index in [0.29, 0.717) is 0 Å². The van der Waals surface area contributed by atoms with E-state index in [1.807, 2.05) is 0 Å². The Labute approximate surface area is 77.4 Å². The molecule has 0 heterocycles. The first-order valence-electron chi connectivity index (χ1n) is 2.85. The Morgan fingerprint density at radius 1 is 1.09 bits per heavy atom. The third kappa shape index (κ3) is 1.89. The number of rotatable bonds is 1. The summed E-state index contributed by atoms with van der Waals surface area (Å²) in [6, 6.07) is 2.19. The summed E-state index contributed by atoms with van der Waals surface area (Å²) in [6.45, 7) is 0. The van der Waals surface area contributed by atoms with Crippen molar-refractivity contribution in [1.29, 1.82) is 0 Å². The molecule has 0 N–H and O–H groups in total. The molecular weight excluding hydrogens is 233 g/mol. The van der Waals surface area contributed by atoms with Gasteiger partial charge in [0.15, 0.2) is 11.6 Å². The van der Waals surface area contributed by atoms with Gasteiger partial charge in [0.05, 0.1) is 0 Å². The first kappa shape index (κ1) is 9.35. The van der Waals surface area contributed by atoms with Gasteiger partial charge in [-0.2, -0.15) is 0 Å². The van der Waals surface area contributed by atoms with E-state index in [0.717, 1.165) is 6.07 Å². The second-order valence-electron chi connectivity index (χ2n) is 1.97. The monoisotopic (exact) mass is 234 g/mol. The highest BCUT2D eigenvalue weighted by Gasteiger charge is 2.12. The highest BCUT2D eigenvalue weighted by molar-refractivity contribution is 9.23. The molecule has 0 atom stereocenters. The van der Waals surface area contributed by atoms with Gasteiger partial charge in [-0.1, -0.05) is 6.07 Å². The van der Waals surface area contributed by atoms with Gasteiger partial charge in [-0.15, -0.1) is 3.69 Å². The number of halogens is 4. The maximum atomic E-state index is 12.7. The van der Waals surface area contributed by atoms with Gasteiger partial charge in [-0.25, -0.2) is 13.2 Å². The summed E-state index contributed by atoms with van der Waals surface area (Å²) in [7, 11) is 0. The fourth-order valence-corrected chi connectivity index (χ4v) is 2.45. The van der Waals surface area contributed by atoms with Crippen LogP contribution in [-0.2, 0) is 0 Å². The van der Waals surface area contributed by atoms with Crippen LogP contribution in [-0.4, -0.2) is 18.2 Å². The Bertz CT molecular complexity index is 277. The van der Waals surface area contributed by atoms with Crippen molar-refractivity contribution in [2.24, 2.45) is 0 Å². The van der Waals surface area contributed by atoms with Crippen LogP contribution in [0.4, 0.5) is 13.2 Å². The smallest absolute Gasteiger partial charge is 0.296 e. The summed E-state index contributed by atoms with van der Waals surface area (Å²) in [5, 5.41) is 0. The topological polar surface area (TPSA) is 0 Å². The zero-order valence-electron chi connectivity index (χ0n) is 5.37. The van der Waals surface area contributed by atoms with E-state index in [9.17, 15) is 13.2 Å². The molecule has 0 aliphatic heterocycles. The van der Waals surface area contributed by atoms with Gasteiger partial charge in [0.2, 0.25) is 0 Å². The van der Waals surface area contributed by atoms with Crippen LogP contribution in [0.15, 0.2) is 12.1 Å². The van der Waals surface area contributed by atoms with Crippen molar-refractivity contribution in [2.45, 2.75) is 0 Å². The second-order valence-corrected chi connectivity index (χ2v) is 4.68. The third-order valence-corrected chi connectivity index (χ3v) is 3.91. The van der Waals surface area contributed by atoms with Crippen LogP contribution < -0.4 is 3.69 Å². The molecule has 1 aromatic rings. The van der Waals surface area contributed by atoms with Crippen LogP contribution in [0.2, 0.25) is 0 Å². The van der Waals surface area contributed by atoms with Crippen molar-refractivity contribution >= 4 is 34.8 Å². The van der Waals surface area contributed by atoms with Gasteiger partial charge in [-0.3, -0.25) is 12.9 Å². The molecule has 0 spiro atoms. The first-order valence-corrected chi connectivity index (χ1v) is 7.45. The van der Waals surface area contributed by atoms with Crippen molar-refractivity contribution < 1.29 is 13.2 Å². The summed E-state index contributed by atoms with van der Waals surface area (Å²) in [5.74, 6) is -3.58. The minimum atomic E-state index is -1.38. The molecule has 0 radical (unpaired) electrons. The summed E-state index contributed by atoms with van der Waals surface area (Å²) in [5.41, 5.74) is 0. The largest absolute Gasteiger partial charge is 0.511 e. The Morgan fingerprint density at radius 2 is 1.73 bits per heavy atom. The van der Waals surface area contributed by atoms with E-state index in [4.69, 9.17) is 0 Å². The first-order chi connectivity index (χ1) is 5.16. The van der Waals surface area contributed by atoms with Gasteiger partial charge in [0.1, 0.15) is 5.82 Å². The van der Waals surface area contributed by atoms with Gasteiger partial charge in [0, 0.05) is 0 Å². The molecule has 0 bridgehead atoms. The quantitative estimate of drug-likeness (QED) is 0.514. The second kappa shape index (κ2) is 3.78. The number of benzene rings is 1. The van der Waals surface area contributed by atoms with E-state index in [1.54, 1.807) is 0 Å². The predicted octanol–water partition coefficient (Wildman–Crippen LogP) is 1.74. The maximum Gasteiger partial charge on any atom is 0.511 e. The number of hydrogen-bond donors (Lipinski definition) is 0. The van der Waals surface area contributed by atoms with Gasteiger partial charge in [0.25, 0.3) is 0 Å². The van der Waals surface area contributed by atoms with Crippen LogP contribution in [0.1, 0.15) is 0 Å². The Balaban J connectivity index is 3.25. The fourth-order valence-electron chi connectivity index (χ4n) is 0.669. The van der Waals surface area contributed by atoms with Gasteiger partial charge in [-0.05, 0) is 6.07 Å². The summed E-state index contributed by atoms with van der Waals surface area (Å²) in [6.07, 6.45) is 0. The van der Waals surface area contributed by atoms with Crippen LogP contribution in [0.5, 0.6) is 0 Å². The molecule has 0 nitrogen and oxygen atoms in total. The van der Waals surface area contributed by atoms with E-state index < -0.39 is 35.6 Å². The minimum absolute atomic E-state index is 0.254. The highest BCUT2D eigenvalue weighted by atomic mass is 79.9. The molecule has 5 heteroatoms. The lowest BCUT2D eigenvalue weighted by Crippen LogP contribution is -2.16. The Hall–Kier alpha value is 0.256. The normalized spacial score (nSPS) is 9.45. The summed E-state index contributed by atoms with van der Waals surface area (Å²) >= 11 is 2.13. The molecule has 0 fully saturated rings. The molecule has 1 aromatic carbocycles. The predicted molar refractivity (Wildman–Crippen MR) is 40.6 cm³/mol. The van der Waals surface area contributed by atoms with Crippen LogP contribution in [0, 0.1) is 17.5 Å². The molecule has 0 amide bonds. The van der Waals surface area contributed by atoms with Gasteiger partial charge < -0.3 is 0 Å². The molecule has 0 aliphatic carbocycles. The number of hydrogen-bond acceptors (Lipinski definition) is 0. The fraction of sp³-hybridized carbons (Fsp3) is 0. The lowest BCUT2D eigenvalue weighted by molar-refractivity contribution is 0.451. The third-order valence-electron chi connectivity index (χ3n) is 1.26. The zero-order valence-corrected chi connectivity index (χ0v) is 8.37. The zero-order chi connectivity index (χ0) is 8.43. The Kier molecular flexibility index (Phi) is 3.21. The molecule has 56 valence electrons. The maximum absolute atomic E-state index is 12.7. The molecule has 0 saturated carbocycles.